The van der Waals surface area contributed by atoms with Crippen molar-refractivity contribution in [2.75, 3.05) is 0 Å². The van der Waals surface area contributed by atoms with Crippen LogP contribution in [0, 0.1) is 0 Å². The van der Waals surface area contributed by atoms with Gasteiger partial charge in [0.15, 0.2) is 0 Å². The van der Waals surface area contributed by atoms with E-state index >= 15 is 0 Å². The first kappa shape index (κ1) is 12.8. The third-order valence-corrected chi connectivity index (χ3v) is 2.71. The summed E-state index contributed by atoms with van der Waals surface area (Å²) in [5.74, 6) is -2.66. The summed E-state index contributed by atoms with van der Waals surface area (Å²) in [6.45, 7) is 1.43. The SMILES string of the molecule is CC(=O)n1cc(/C=C/C(=O)C(=O)O)c2ccccc21. The van der Waals surface area contributed by atoms with Crippen molar-refractivity contribution >= 4 is 34.6 Å². The molecule has 0 radical (unpaired) electrons. The maximum Gasteiger partial charge on any atom is 0.376 e. The number of carbonyl (C=O) groups excluding carboxylic acids is 2. The highest BCUT2D eigenvalue weighted by Gasteiger charge is 2.10. The van der Waals surface area contributed by atoms with Gasteiger partial charge in [0.25, 0.3) is 5.78 Å². The van der Waals surface area contributed by atoms with Crippen LogP contribution >= 0.6 is 0 Å². The molecule has 0 bridgehead atoms. The molecule has 1 aromatic heterocycles. The van der Waals surface area contributed by atoms with Gasteiger partial charge in [-0.2, -0.15) is 0 Å². The van der Waals surface area contributed by atoms with Gasteiger partial charge in [0.1, 0.15) is 0 Å². The van der Waals surface area contributed by atoms with Crippen molar-refractivity contribution in [3.63, 3.8) is 0 Å². The normalized spacial score (nSPS) is 11.0. The van der Waals surface area contributed by atoms with Crippen molar-refractivity contribution < 1.29 is 19.5 Å². The third-order valence-electron chi connectivity index (χ3n) is 2.71. The minimum Gasteiger partial charge on any atom is -0.475 e. The number of carboxylic acid groups (broad SMARTS) is 1. The summed E-state index contributed by atoms with van der Waals surface area (Å²) >= 11 is 0. The highest BCUT2D eigenvalue weighted by atomic mass is 16.4. The van der Waals surface area contributed by atoms with Crippen LogP contribution in [0.2, 0.25) is 0 Å². The first-order chi connectivity index (χ1) is 9.00. The predicted octanol–water partition coefficient (Wildman–Crippen LogP) is 1.97. The Labute approximate surface area is 108 Å². The molecule has 1 heterocycles. The van der Waals surface area contributed by atoms with E-state index in [1.54, 1.807) is 24.4 Å². The average Bonchev–Trinajstić information content (AvgIpc) is 2.75. The van der Waals surface area contributed by atoms with E-state index in [2.05, 4.69) is 0 Å². The summed E-state index contributed by atoms with van der Waals surface area (Å²) in [6, 6.07) is 7.20. The summed E-state index contributed by atoms with van der Waals surface area (Å²) < 4.78 is 1.46. The van der Waals surface area contributed by atoms with Gasteiger partial charge >= 0.3 is 5.97 Å². The summed E-state index contributed by atoms with van der Waals surface area (Å²) in [5, 5.41) is 9.29. The van der Waals surface area contributed by atoms with E-state index in [0.717, 1.165) is 17.0 Å². The van der Waals surface area contributed by atoms with E-state index in [1.165, 1.54) is 17.6 Å². The standard InChI is InChI=1S/C14H11NO4/c1-9(16)15-8-10(6-7-13(17)14(18)19)11-4-2-3-5-12(11)15/h2-8H,1H3,(H,18,19)/b7-6+. The highest BCUT2D eigenvalue weighted by Crippen LogP contribution is 2.22. The number of fused-ring (bicyclic) bond motifs is 1. The Morgan fingerprint density at radius 2 is 1.89 bits per heavy atom. The van der Waals surface area contributed by atoms with E-state index < -0.39 is 11.8 Å². The smallest absolute Gasteiger partial charge is 0.376 e. The fraction of sp³-hybridized carbons (Fsp3) is 0.0714. The molecule has 0 aliphatic heterocycles. The maximum atomic E-state index is 11.5. The topological polar surface area (TPSA) is 76.4 Å². The molecule has 1 aromatic carbocycles. The summed E-state index contributed by atoms with van der Waals surface area (Å²) in [5.41, 5.74) is 1.35. The van der Waals surface area contributed by atoms with Crippen molar-refractivity contribution in [1.29, 1.82) is 0 Å². The van der Waals surface area contributed by atoms with Gasteiger partial charge in [0, 0.05) is 24.1 Å². The number of aromatic nitrogens is 1. The van der Waals surface area contributed by atoms with Crippen molar-refractivity contribution in [3.8, 4) is 0 Å². The molecule has 0 aliphatic carbocycles. The molecule has 0 saturated carbocycles. The Balaban J connectivity index is 2.53. The minimum absolute atomic E-state index is 0.152. The molecular weight excluding hydrogens is 246 g/mol. The molecule has 2 rings (SSSR count). The zero-order valence-corrected chi connectivity index (χ0v) is 10.2. The lowest BCUT2D eigenvalue weighted by atomic mass is 10.1. The number of aliphatic carboxylic acids is 1. The molecule has 96 valence electrons. The number of benzene rings is 1. The molecule has 5 heteroatoms. The largest absolute Gasteiger partial charge is 0.475 e. The second-order valence-corrected chi connectivity index (χ2v) is 3.99. The number of para-hydroxylation sites is 1. The predicted molar refractivity (Wildman–Crippen MR) is 69.9 cm³/mol. The van der Waals surface area contributed by atoms with Gasteiger partial charge in [-0.05, 0) is 18.2 Å². The molecule has 0 saturated heterocycles. The molecule has 0 amide bonds. The van der Waals surface area contributed by atoms with Crippen LogP contribution in [0.15, 0.2) is 36.5 Å². The Morgan fingerprint density at radius 1 is 1.21 bits per heavy atom. The quantitative estimate of drug-likeness (QED) is 0.673. The Morgan fingerprint density at radius 3 is 2.53 bits per heavy atom. The van der Waals surface area contributed by atoms with E-state index in [9.17, 15) is 14.4 Å². The van der Waals surface area contributed by atoms with Gasteiger partial charge in [-0.15, -0.1) is 0 Å². The number of nitrogens with zero attached hydrogens (tertiary/aromatic N) is 1. The van der Waals surface area contributed by atoms with Gasteiger partial charge in [-0.1, -0.05) is 18.2 Å². The summed E-state index contributed by atoms with van der Waals surface area (Å²) in [7, 11) is 0. The fourth-order valence-electron chi connectivity index (χ4n) is 1.84. The number of ketones is 1. The van der Waals surface area contributed by atoms with Crippen LogP contribution < -0.4 is 0 Å². The van der Waals surface area contributed by atoms with Crippen molar-refractivity contribution in [2.45, 2.75) is 6.92 Å². The number of hydrogen-bond acceptors (Lipinski definition) is 3. The molecule has 0 aliphatic rings. The van der Waals surface area contributed by atoms with Gasteiger partial charge in [-0.25, -0.2) is 4.79 Å². The van der Waals surface area contributed by atoms with Crippen LogP contribution in [0.5, 0.6) is 0 Å². The lowest BCUT2D eigenvalue weighted by Gasteiger charge is -1.96. The van der Waals surface area contributed by atoms with Crippen molar-refractivity contribution in [2.24, 2.45) is 0 Å². The zero-order chi connectivity index (χ0) is 14.0. The van der Waals surface area contributed by atoms with Crippen molar-refractivity contribution in [1.82, 2.24) is 4.57 Å². The Bertz CT molecular complexity index is 709. The van der Waals surface area contributed by atoms with Gasteiger partial charge in [0.2, 0.25) is 5.91 Å². The first-order valence-corrected chi connectivity index (χ1v) is 5.57. The molecule has 0 spiro atoms. The number of rotatable bonds is 3. The Kier molecular flexibility index (Phi) is 3.29. The zero-order valence-electron chi connectivity index (χ0n) is 10.2. The number of carbonyl (C=O) groups is 3. The van der Waals surface area contributed by atoms with E-state index in [1.807, 2.05) is 6.07 Å². The number of hydrogen-bond donors (Lipinski definition) is 1. The molecule has 5 nitrogen and oxygen atoms in total. The van der Waals surface area contributed by atoms with Crippen LogP contribution in [0.1, 0.15) is 17.3 Å². The molecule has 0 atom stereocenters. The van der Waals surface area contributed by atoms with Crippen LogP contribution in [0.3, 0.4) is 0 Å². The molecule has 1 N–H and O–H groups in total. The molecule has 19 heavy (non-hydrogen) atoms. The monoisotopic (exact) mass is 257 g/mol. The van der Waals surface area contributed by atoms with Gasteiger partial charge in [0.05, 0.1) is 5.52 Å². The molecule has 0 unspecified atom stereocenters. The average molecular weight is 257 g/mol. The van der Waals surface area contributed by atoms with E-state index in [-0.39, 0.29) is 5.91 Å². The summed E-state index contributed by atoms with van der Waals surface area (Å²) in [6.07, 6.45) is 3.96. The second kappa shape index (κ2) is 4.89. The Hall–Kier alpha value is -2.69. The lowest BCUT2D eigenvalue weighted by molar-refractivity contribution is -0.146. The van der Waals surface area contributed by atoms with E-state index in [4.69, 9.17) is 5.11 Å². The lowest BCUT2D eigenvalue weighted by Crippen LogP contribution is -2.08. The molecule has 0 fully saturated rings. The fourth-order valence-corrected chi connectivity index (χ4v) is 1.84. The maximum absolute atomic E-state index is 11.5. The number of carboxylic acids is 1. The van der Waals surface area contributed by atoms with Crippen LogP contribution in [0.4, 0.5) is 0 Å². The highest BCUT2D eigenvalue weighted by molar-refractivity contribution is 6.38. The van der Waals surface area contributed by atoms with E-state index in [0.29, 0.717) is 5.56 Å². The van der Waals surface area contributed by atoms with Crippen LogP contribution in [-0.4, -0.2) is 27.3 Å². The van der Waals surface area contributed by atoms with Gasteiger partial charge < -0.3 is 5.11 Å². The second-order valence-electron chi connectivity index (χ2n) is 3.99. The molecular formula is C14H11NO4. The van der Waals surface area contributed by atoms with Crippen LogP contribution in [-0.2, 0) is 9.59 Å². The van der Waals surface area contributed by atoms with Crippen LogP contribution in [0.25, 0.3) is 17.0 Å². The molecule has 2 aromatic rings. The minimum atomic E-state index is -1.51. The van der Waals surface area contributed by atoms with Gasteiger partial charge in [-0.3, -0.25) is 14.2 Å². The third kappa shape index (κ3) is 2.44. The van der Waals surface area contributed by atoms with Crippen molar-refractivity contribution in [3.05, 3.63) is 42.1 Å². The summed E-state index contributed by atoms with van der Waals surface area (Å²) in [4.78, 5) is 33.0. The first-order valence-electron chi connectivity index (χ1n) is 5.57.